The summed E-state index contributed by atoms with van der Waals surface area (Å²) in [5, 5.41) is 51.7. The number of amides is 11. The molecule has 0 bridgehead atoms. The number of primary amides is 1. The second-order valence-electron chi connectivity index (χ2n) is 24.7. The summed E-state index contributed by atoms with van der Waals surface area (Å²) in [4.78, 5) is 188. The molecule has 88 heavy (non-hydrogen) atoms. The van der Waals surface area contributed by atoms with Crippen molar-refractivity contribution < 1.29 is 82.4 Å². The monoisotopic (exact) mass is 1260 g/mol. The molecule has 0 unspecified atom stereocenters. The number of carbonyl (C=O) groups excluding carboxylic acids is 11. The minimum absolute atomic E-state index is 0.0175. The van der Waals surface area contributed by atoms with E-state index in [9.17, 15) is 82.4 Å². The summed E-state index contributed by atoms with van der Waals surface area (Å²) >= 11 is 4.44. The molecule has 1 aliphatic heterocycles. The summed E-state index contributed by atoms with van der Waals surface area (Å²) in [6.07, 6.45) is 6.82. The predicted octanol–water partition coefficient (Wildman–Crippen LogP) is 0.669. The van der Waals surface area contributed by atoms with Crippen LogP contribution < -0.4 is 53.6 Å². The second kappa shape index (κ2) is 37.7. The molecule has 1 heterocycles. The number of carbonyl (C=O) groups is 14. The molecule has 496 valence electrons. The smallest absolute Gasteiger partial charge is 0.305 e. The van der Waals surface area contributed by atoms with Crippen LogP contribution in [0.3, 0.4) is 0 Å². The van der Waals surface area contributed by atoms with Gasteiger partial charge in [0, 0.05) is 25.6 Å². The summed E-state index contributed by atoms with van der Waals surface area (Å²) in [6, 6.07) is -13.8. The third-order valence-corrected chi connectivity index (χ3v) is 16.7. The lowest BCUT2D eigenvalue weighted by atomic mass is 9.84. The lowest BCUT2D eigenvalue weighted by Gasteiger charge is -2.33. The SMILES string of the molecule is CC[C@H](C)[C@H](NC(=O)[C@H](CC(C)C)NC(=O)[C@@H](CCC(=O)O)NC(=O)[C@H](CC(=O)O)NC(C)=O)C(=O)N[C@@H](CC1CCCCC1)C(=O)N[C@@H](CS)C(=O)N1CCC[C@H]1C(=O)N[C@@H](CC1CCCCC1)C(=O)N[C@@H](CC(=O)O)C(=O)N[C@@H](CC(C)C)C(N)=O. The average molecular weight is 1260 g/mol. The maximum atomic E-state index is 14.6. The van der Waals surface area contributed by atoms with Gasteiger partial charge in [0.25, 0.3) is 0 Å². The maximum absolute atomic E-state index is 14.6. The van der Waals surface area contributed by atoms with Crippen LogP contribution in [0.4, 0.5) is 0 Å². The molecule has 0 radical (unpaired) electrons. The normalized spacial score (nSPS) is 18.9. The molecule has 2 saturated carbocycles. The summed E-state index contributed by atoms with van der Waals surface area (Å²) in [7, 11) is 0. The topological polar surface area (TPSA) is 437 Å². The van der Waals surface area contributed by atoms with E-state index in [1.54, 1.807) is 41.5 Å². The van der Waals surface area contributed by atoms with E-state index in [0.717, 1.165) is 71.1 Å². The Labute approximate surface area is 520 Å². The minimum Gasteiger partial charge on any atom is -0.481 e. The van der Waals surface area contributed by atoms with Crippen molar-refractivity contribution in [1.82, 2.24) is 52.8 Å². The van der Waals surface area contributed by atoms with Crippen LogP contribution in [0.25, 0.3) is 0 Å². The van der Waals surface area contributed by atoms with Gasteiger partial charge in [-0.3, -0.25) is 67.1 Å². The molecule has 3 aliphatic rings. The molecular weight excluding hydrogens is 1170 g/mol. The van der Waals surface area contributed by atoms with Gasteiger partial charge in [-0.15, -0.1) is 0 Å². The molecule has 0 aromatic heterocycles. The van der Waals surface area contributed by atoms with E-state index in [1.165, 1.54) is 4.90 Å². The third-order valence-electron chi connectivity index (χ3n) is 16.4. The molecule has 0 aromatic rings. The van der Waals surface area contributed by atoms with Crippen LogP contribution in [0.2, 0.25) is 0 Å². The van der Waals surface area contributed by atoms with E-state index in [0.29, 0.717) is 12.8 Å². The van der Waals surface area contributed by atoms with Crippen LogP contribution in [-0.4, -0.2) is 176 Å². The van der Waals surface area contributed by atoms with Crippen LogP contribution in [-0.2, 0) is 67.1 Å². The molecule has 2 aliphatic carbocycles. The van der Waals surface area contributed by atoms with Crippen molar-refractivity contribution in [1.29, 1.82) is 0 Å². The first-order valence-corrected chi connectivity index (χ1v) is 31.6. The van der Waals surface area contributed by atoms with Gasteiger partial charge in [0.1, 0.15) is 60.4 Å². The average Bonchev–Trinajstić information content (AvgIpc) is 3.43. The van der Waals surface area contributed by atoms with Gasteiger partial charge in [-0.05, 0) is 74.5 Å². The zero-order valence-corrected chi connectivity index (χ0v) is 52.8. The molecule has 28 nitrogen and oxygen atoms in total. The van der Waals surface area contributed by atoms with Crippen molar-refractivity contribution in [3.8, 4) is 0 Å². The van der Waals surface area contributed by atoms with Crippen molar-refractivity contribution in [3.63, 3.8) is 0 Å². The highest BCUT2D eigenvalue weighted by Crippen LogP contribution is 2.30. The maximum Gasteiger partial charge on any atom is 0.305 e. The number of aliphatic carboxylic acids is 3. The number of hydrogen-bond donors (Lipinski definition) is 14. The number of nitrogens with zero attached hydrogens (tertiary/aromatic N) is 1. The first kappa shape index (κ1) is 75.2. The number of carboxylic acids is 3. The molecular formula is C59H97N11O17S. The highest BCUT2D eigenvalue weighted by atomic mass is 32.1. The standard InChI is InChI=1S/C59H97N11O17S/c1-8-33(6)49(69-56(84)39(25-32(4)5)64-51(79)37(21-22-46(72)73)62-54(82)42(28-47(74)75)61-34(7)71)58(86)67-41(27-36-18-13-10-14-19-36)53(81)68-44(30-88)59(87)70-23-15-20-45(70)57(85)66-40(26-35-16-11-9-12-17-35)52(80)65-43(29-48(76)77)55(83)63-38(50(60)78)24-31(2)3/h31-33,35-45,49,88H,8-30H2,1-7H3,(H2,60,78)(H,61,71)(H,62,82)(H,63,83)(H,64,79)(H,65,80)(H,66,85)(H,67,86)(H,68,81)(H,69,84)(H,72,73)(H,74,75)(H,76,77)/t33-,37+,38-,39-,40-,41-,42-,43-,44-,45-,49-/m0/s1. The fourth-order valence-corrected chi connectivity index (χ4v) is 11.7. The van der Waals surface area contributed by atoms with Gasteiger partial charge in [-0.1, -0.05) is 112 Å². The first-order chi connectivity index (χ1) is 41.4. The van der Waals surface area contributed by atoms with E-state index in [1.807, 2.05) is 0 Å². The quantitative estimate of drug-likeness (QED) is 0.0380. The third kappa shape index (κ3) is 25.9. The molecule has 29 heteroatoms. The van der Waals surface area contributed by atoms with Gasteiger partial charge in [0.05, 0.1) is 12.8 Å². The number of hydrogen-bond acceptors (Lipinski definition) is 15. The Balaban J connectivity index is 1.90. The van der Waals surface area contributed by atoms with Crippen molar-refractivity contribution >= 4 is 95.5 Å². The number of rotatable bonds is 37. The van der Waals surface area contributed by atoms with Gasteiger partial charge in [0.2, 0.25) is 65.0 Å². The number of nitrogens with one attached hydrogen (secondary N) is 9. The van der Waals surface area contributed by atoms with Crippen LogP contribution >= 0.6 is 12.6 Å². The molecule has 1 saturated heterocycles. The number of thiol groups is 1. The van der Waals surface area contributed by atoms with Gasteiger partial charge >= 0.3 is 17.9 Å². The molecule has 0 aromatic carbocycles. The first-order valence-electron chi connectivity index (χ1n) is 31.0. The summed E-state index contributed by atoms with van der Waals surface area (Å²) in [5.41, 5.74) is 5.53. The van der Waals surface area contributed by atoms with Crippen LogP contribution in [0, 0.1) is 29.6 Å². The Hall–Kier alpha value is -7.07. The fraction of sp³-hybridized carbons (Fsp3) is 0.763. The number of nitrogens with two attached hydrogens (primary N) is 1. The van der Waals surface area contributed by atoms with E-state index in [-0.39, 0.29) is 68.1 Å². The van der Waals surface area contributed by atoms with E-state index >= 15 is 0 Å². The largest absolute Gasteiger partial charge is 0.481 e. The molecule has 14 N–H and O–H groups in total. The van der Waals surface area contributed by atoms with E-state index < -0.39 is 175 Å². The Morgan fingerprint density at radius 3 is 1.38 bits per heavy atom. The molecule has 3 fully saturated rings. The highest BCUT2D eigenvalue weighted by molar-refractivity contribution is 7.80. The van der Waals surface area contributed by atoms with Gasteiger partial charge in [-0.25, -0.2) is 0 Å². The Bertz CT molecular complexity index is 2440. The van der Waals surface area contributed by atoms with Crippen molar-refractivity contribution in [3.05, 3.63) is 0 Å². The van der Waals surface area contributed by atoms with Gasteiger partial charge in [-0.2, -0.15) is 12.6 Å². The Kier molecular flexibility index (Phi) is 32.2. The molecule has 11 atom stereocenters. The lowest BCUT2D eigenvalue weighted by molar-refractivity contribution is -0.143. The zero-order valence-electron chi connectivity index (χ0n) is 52.0. The van der Waals surface area contributed by atoms with Crippen LogP contribution in [0.1, 0.15) is 183 Å². The van der Waals surface area contributed by atoms with Crippen molar-refractivity contribution in [2.45, 2.75) is 244 Å². The second-order valence-corrected chi connectivity index (χ2v) is 25.1. The van der Waals surface area contributed by atoms with Crippen molar-refractivity contribution in [2.24, 2.45) is 35.3 Å². The van der Waals surface area contributed by atoms with Crippen LogP contribution in [0.15, 0.2) is 0 Å². The number of likely N-dealkylation sites (tertiary alicyclic amines) is 1. The lowest BCUT2D eigenvalue weighted by Crippen LogP contribution is -2.61. The molecule has 3 rings (SSSR count). The summed E-state index contributed by atoms with van der Waals surface area (Å²) in [6.45, 7) is 11.7. The Morgan fingerprint density at radius 1 is 0.489 bits per heavy atom. The van der Waals surface area contributed by atoms with E-state index in [4.69, 9.17) is 5.73 Å². The molecule has 11 amide bonds. The Morgan fingerprint density at radius 2 is 0.909 bits per heavy atom. The highest BCUT2D eigenvalue weighted by Gasteiger charge is 2.42. The van der Waals surface area contributed by atoms with E-state index in [2.05, 4.69) is 60.5 Å². The fourth-order valence-electron chi connectivity index (χ4n) is 11.5. The number of carboxylic acid groups (broad SMARTS) is 3. The summed E-state index contributed by atoms with van der Waals surface area (Å²) < 4.78 is 0. The predicted molar refractivity (Wildman–Crippen MR) is 323 cm³/mol. The molecule has 0 spiro atoms. The zero-order chi connectivity index (χ0) is 65.9. The van der Waals surface area contributed by atoms with Crippen molar-refractivity contribution in [2.75, 3.05) is 12.3 Å². The van der Waals surface area contributed by atoms with Gasteiger partial charge < -0.3 is 73.8 Å². The van der Waals surface area contributed by atoms with Crippen LogP contribution in [0.5, 0.6) is 0 Å². The van der Waals surface area contributed by atoms with Gasteiger partial charge in [0.15, 0.2) is 0 Å². The summed E-state index contributed by atoms with van der Waals surface area (Å²) in [5.74, 6) is -14.7. The minimum atomic E-state index is -1.66.